The lowest BCUT2D eigenvalue weighted by molar-refractivity contribution is 0.0726. The average molecular weight is 383 g/mol. The fraction of sp³-hybridized carbons (Fsp3) is 0.278. The molecule has 1 saturated heterocycles. The van der Waals surface area contributed by atoms with Crippen LogP contribution in [0.3, 0.4) is 0 Å². The van der Waals surface area contributed by atoms with Crippen LogP contribution >= 0.6 is 11.3 Å². The summed E-state index contributed by atoms with van der Waals surface area (Å²) in [5.41, 5.74) is 1.37. The Hall–Kier alpha value is -3.07. The van der Waals surface area contributed by atoms with Crippen molar-refractivity contribution in [3.63, 3.8) is 0 Å². The highest BCUT2D eigenvalue weighted by Gasteiger charge is 2.34. The van der Waals surface area contributed by atoms with E-state index in [0.29, 0.717) is 22.8 Å². The number of amides is 2. The second kappa shape index (κ2) is 7.28. The molecule has 1 aliphatic rings. The van der Waals surface area contributed by atoms with Gasteiger partial charge >= 0.3 is 0 Å². The maximum Gasteiger partial charge on any atom is 0.278 e. The summed E-state index contributed by atoms with van der Waals surface area (Å²) in [4.78, 5) is 32.6. The molecule has 4 rings (SSSR count). The van der Waals surface area contributed by atoms with E-state index in [0.717, 1.165) is 17.7 Å². The van der Waals surface area contributed by atoms with Crippen molar-refractivity contribution in [2.24, 2.45) is 0 Å². The van der Waals surface area contributed by atoms with Crippen LogP contribution in [0.1, 0.15) is 49.6 Å². The van der Waals surface area contributed by atoms with Crippen LogP contribution in [0.25, 0.3) is 0 Å². The Morgan fingerprint density at radius 1 is 1.30 bits per heavy atom. The van der Waals surface area contributed by atoms with Crippen LogP contribution in [0.5, 0.6) is 0 Å². The lowest BCUT2D eigenvalue weighted by Crippen LogP contribution is -2.30. The van der Waals surface area contributed by atoms with Crippen LogP contribution in [0, 0.1) is 6.92 Å². The monoisotopic (exact) mass is 383 g/mol. The van der Waals surface area contributed by atoms with Gasteiger partial charge in [0, 0.05) is 17.6 Å². The zero-order valence-corrected chi connectivity index (χ0v) is 15.4. The maximum absolute atomic E-state index is 12.8. The molecule has 9 heteroatoms. The van der Waals surface area contributed by atoms with E-state index < -0.39 is 0 Å². The molecule has 0 aromatic carbocycles. The predicted molar refractivity (Wildman–Crippen MR) is 98.6 cm³/mol. The van der Waals surface area contributed by atoms with Crippen LogP contribution in [0.15, 0.2) is 41.3 Å². The molecule has 0 aliphatic carbocycles. The molecule has 1 atom stereocenters. The third-order valence-electron chi connectivity index (χ3n) is 4.47. The lowest BCUT2D eigenvalue weighted by atomic mass is 10.1. The second-order valence-corrected chi connectivity index (χ2v) is 7.37. The third kappa shape index (κ3) is 3.45. The number of aryl methyl sites for hydroxylation is 1. The van der Waals surface area contributed by atoms with E-state index in [2.05, 4.69) is 25.2 Å². The molecule has 0 saturated carbocycles. The summed E-state index contributed by atoms with van der Waals surface area (Å²) in [6.45, 7) is 2.34. The van der Waals surface area contributed by atoms with Gasteiger partial charge in [-0.2, -0.15) is 0 Å². The Labute approximate surface area is 159 Å². The van der Waals surface area contributed by atoms with E-state index in [9.17, 15) is 9.59 Å². The minimum Gasteiger partial charge on any atom is -0.329 e. The van der Waals surface area contributed by atoms with Crippen molar-refractivity contribution in [3.8, 4) is 0 Å². The Morgan fingerprint density at radius 3 is 2.93 bits per heavy atom. The van der Waals surface area contributed by atoms with Crippen molar-refractivity contribution >= 4 is 28.8 Å². The molecule has 0 bridgehead atoms. The van der Waals surface area contributed by atoms with Crippen LogP contribution in [-0.2, 0) is 0 Å². The van der Waals surface area contributed by atoms with E-state index in [1.807, 2.05) is 6.07 Å². The van der Waals surface area contributed by atoms with Gasteiger partial charge in [-0.1, -0.05) is 5.16 Å². The van der Waals surface area contributed by atoms with Crippen molar-refractivity contribution in [2.45, 2.75) is 25.8 Å². The Bertz CT molecular complexity index is 968. The maximum atomic E-state index is 12.8. The van der Waals surface area contributed by atoms with E-state index in [4.69, 9.17) is 0 Å². The number of likely N-dealkylation sites (tertiary alicyclic amines) is 1. The number of rotatable bonds is 4. The number of carbonyl (C=O) groups is 2. The van der Waals surface area contributed by atoms with E-state index in [-0.39, 0.29) is 23.6 Å². The quantitative estimate of drug-likeness (QED) is 0.743. The number of pyridine rings is 1. The Morgan fingerprint density at radius 2 is 2.19 bits per heavy atom. The molecule has 0 radical (unpaired) electrons. The van der Waals surface area contributed by atoms with Crippen molar-refractivity contribution < 1.29 is 14.2 Å². The fourth-order valence-corrected chi connectivity index (χ4v) is 4.20. The fourth-order valence-electron chi connectivity index (χ4n) is 3.15. The number of thiophene rings is 1. The molecule has 138 valence electrons. The van der Waals surface area contributed by atoms with Crippen LogP contribution in [0.4, 0.5) is 5.69 Å². The molecule has 3 aromatic rings. The minimum absolute atomic E-state index is 0.0708. The summed E-state index contributed by atoms with van der Waals surface area (Å²) in [5.74, 6) is -0.377. The van der Waals surface area contributed by atoms with Gasteiger partial charge in [-0.25, -0.2) is 4.63 Å². The van der Waals surface area contributed by atoms with Gasteiger partial charge in [0.2, 0.25) is 0 Å². The summed E-state index contributed by atoms with van der Waals surface area (Å²) in [6, 6.07) is 7.17. The van der Waals surface area contributed by atoms with Gasteiger partial charge in [0.25, 0.3) is 11.8 Å². The zero-order valence-electron chi connectivity index (χ0n) is 14.6. The number of hydrogen-bond acceptors (Lipinski definition) is 7. The van der Waals surface area contributed by atoms with Crippen molar-refractivity contribution in [1.29, 1.82) is 0 Å². The summed E-state index contributed by atoms with van der Waals surface area (Å²) in [7, 11) is 0. The standard InChI is InChI=1S/C18H17N5O3S/c1-11-16(22-26-21-11)18(25)23-9-3-5-13(23)14-6-7-15(27-14)17(24)20-12-4-2-8-19-10-12/h2,4,6-8,10,13H,3,5,9H2,1H3,(H,20,24)/t13-/m0/s1. The minimum atomic E-state index is -0.189. The number of carbonyl (C=O) groups excluding carboxylic acids is 2. The lowest BCUT2D eigenvalue weighted by Gasteiger charge is -2.22. The molecule has 4 heterocycles. The van der Waals surface area contributed by atoms with Gasteiger partial charge < -0.3 is 10.2 Å². The van der Waals surface area contributed by atoms with E-state index in [1.165, 1.54) is 11.3 Å². The number of nitrogens with one attached hydrogen (secondary N) is 1. The molecular weight excluding hydrogens is 366 g/mol. The normalized spacial score (nSPS) is 16.5. The highest BCUT2D eigenvalue weighted by atomic mass is 32.1. The van der Waals surface area contributed by atoms with Crippen LogP contribution < -0.4 is 5.32 Å². The SMILES string of the molecule is Cc1nonc1C(=O)N1CCC[C@H]1c1ccc(C(=O)Nc2cccnc2)s1. The molecule has 1 N–H and O–H groups in total. The molecular formula is C18H17N5O3S. The molecule has 3 aromatic heterocycles. The third-order valence-corrected chi connectivity index (χ3v) is 5.65. The van der Waals surface area contributed by atoms with Crippen molar-refractivity contribution in [3.05, 3.63) is 57.8 Å². The first-order valence-electron chi connectivity index (χ1n) is 8.54. The smallest absolute Gasteiger partial charge is 0.278 e. The molecule has 0 unspecified atom stereocenters. The van der Waals surface area contributed by atoms with Gasteiger partial charge in [0.1, 0.15) is 5.69 Å². The van der Waals surface area contributed by atoms with Crippen molar-refractivity contribution in [2.75, 3.05) is 11.9 Å². The molecule has 0 spiro atoms. The number of anilines is 1. The number of hydrogen-bond donors (Lipinski definition) is 1. The van der Waals surface area contributed by atoms with Gasteiger partial charge in [-0.05, 0) is 49.2 Å². The van der Waals surface area contributed by atoms with Gasteiger partial charge in [-0.15, -0.1) is 11.3 Å². The van der Waals surface area contributed by atoms with Gasteiger partial charge in [0.05, 0.1) is 22.8 Å². The molecule has 2 amide bonds. The summed E-state index contributed by atoms with van der Waals surface area (Å²) >= 11 is 1.39. The number of nitrogens with zero attached hydrogens (tertiary/aromatic N) is 4. The topological polar surface area (TPSA) is 101 Å². The van der Waals surface area contributed by atoms with Crippen LogP contribution in [-0.4, -0.2) is 38.6 Å². The molecule has 1 fully saturated rings. The van der Waals surface area contributed by atoms with Gasteiger partial charge in [0.15, 0.2) is 5.69 Å². The molecule has 1 aliphatic heterocycles. The predicted octanol–water partition coefficient (Wildman–Crippen LogP) is 3.06. The first kappa shape index (κ1) is 17.3. The highest BCUT2D eigenvalue weighted by molar-refractivity contribution is 7.14. The molecule has 8 nitrogen and oxygen atoms in total. The van der Waals surface area contributed by atoms with E-state index in [1.54, 1.807) is 42.4 Å². The highest BCUT2D eigenvalue weighted by Crippen LogP contribution is 2.37. The zero-order chi connectivity index (χ0) is 18.8. The Kier molecular flexibility index (Phi) is 4.68. The summed E-state index contributed by atoms with van der Waals surface area (Å²) in [5, 5.41) is 10.2. The average Bonchev–Trinajstić information content (AvgIpc) is 3.42. The number of aromatic nitrogens is 3. The second-order valence-electron chi connectivity index (χ2n) is 6.25. The van der Waals surface area contributed by atoms with Gasteiger partial charge in [-0.3, -0.25) is 14.6 Å². The first-order chi connectivity index (χ1) is 13.1. The Balaban J connectivity index is 1.51. The van der Waals surface area contributed by atoms with Crippen LogP contribution in [0.2, 0.25) is 0 Å². The molecule has 27 heavy (non-hydrogen) atoms. The summed E-state index contributed by atoms with van der Waals surface area (Å²) < 4.78 is 4.66. The van der Waals surface area contributed by atoms with Crippen molar-refractivity contribution in [1.82, 2.24) is 20.2 Å². The largest absolute Gasteiger partial charge is 0.329 e. The summed E-state index contributed by atoms with van der Waals surface area (Å²) in [6.07, 6.45) is 4.99. The first-order valence-corrected chi connectivity index (χ1v) is 9.36. The van der Waals surface area contributed by atoms with E-state index >= 15 is 0 Å².